The van der Waals surface area contributed by atoms with Crippen LogP contribution in [0.5, 0.6) is 0 Å². The maximum Gasteiger partial charge on any atom is 0.267 e. The van der Waals surface area contributed by atoms with Gasteiger partial charge in [-0.1, -0.05) is 41.6 Å². The zero-order valence-electron chi connectivity index (χ0n) is 15.4. The van der Waals surface area contributed by atoms with E-state index in [1.165, 1.54) is 11.8 Å². The number of aryl methyl sites for hydroxylation is 1. The van der Waals surface area contributed by atoms with Gasteiger partial charge >= 0.3 is 0 Å². The van der Waals surface area contributed by atoms with Crippen molar-refractivity contribution in [2.24, 2.45) is 0 Å². The molecule has 5 nitrogen and oxygen atoms in total. The molecule has 0 unspecified atom stereocenters. The molecule has 0 aliphatic carbocycles. The number of furan rings is 1. The molecule has 28 heavy (non-hydrogen) atoms. The van der Waals surface area contributed by atoms with Gasteiger partial charge in [-0.25, -0.2) is 0 Å². The molecule has 0 atom stereocenters. The molecule has 2 fully saturated rings. The zero-order valence-corrected chi connectivity index (χ0v) is 17.8. The summed E-state index contributed by atoms with van der Waals surface area (Å²) in [4.78, 5) is 19.6. The summed E-state index contributed by atoms with van der Waals surface area (Å²) in [5.41, 5.74) is 1.13. The van der Waals surface area contributed by atoms with Gasteiger partial charge in [0.15, 0.2) is 0 Å². The Morgan fingerprint density at radius 3 is 2.68 bits per heavy atom. The Labute approximate surface area is 178 Å². The molecule has 0 N–H and O–H groups in total. The van der Waals surface area contributed by atoms with Gasteiger partial charge in [0.05, 0.1) is 11.6 Å². The lowest BCUT2D eigenvalue weighted by Crippen LogP contribution is -2.50. The number of piperazine rings is 1. The van der Waals surface area contributed by atoms with Crippen LogP contribution in [0.4, 0.5) is 5.69 Å². The van der Waals surface area contributed by atoms with Crippen molar-refractivity contribution >= 4 is 57.6 Å². The predicted molar refractivity (Wildman–Crippen MR) is 119 cm³/mol. The van der Waals surface area contributed by atoms with Crippen molar-refractivity contribution in [3.05, 3.63) is 57.8 Å². The van der Waals surface area contributed by atoms with E-state index in [4.69, 9.17) is 28.2 Å². The van der Waals surface area contributed by atoms with Crippen molar-refractivity contribution in [3.63, 3.8) is 0 Å². The average Bonchev–Trinajstić information content (AvgIpc) is 3.20. The Hall–Kier alpha value is -1.80. The maximum absolute atomic E-state index is 12.8. The summed E-state index contributed by atoms with van der Waals surface area (Å²) in [6.45, 7) is 5.89. The molecule has 0 bridgehead atoms. The van der Waals surface area contributed by atoms with Crippen LogP contribution in [0.1, 0.15) is 11.5 Å². The van der Waals surface area contributed by atoms with Gasteiger partial charge in [-0.2, -0.15) is 0 Å². The minimum Gasteiger partial charge on any atom is -0.462 e. The van der Waals surface area contributed by atoms with Gasteiger partial charge in [0.1, 0.15) is 15.8 Å². The van der Waals surface area contributed by atoms with Crippen LogP contribution in [0, 0.1) is 6.92 Å². The third-order valence-corrected chi connectivity index (χ3v) is 6.41. The first-order valence-corrected chi connectivity index (χ1v) is 10.6. The van der Waals surface area contributed by atoms with E-state index in [0.29, 0.717) is 21.7 Å². The van der Waals surface area contributed by atoms with E-state index in [9.17, 15) is 4.79 Å². The number of nitrogens with zero attached hydrogens (tertiary/aromatic N) is 3. The topological polar surface area (TPSA) is 39.9 Å². The Morgan fingerprint density at radius 1 is 1.21 bits per heavy atom. The number of carbonyl (C=O) groups excluding carboxylic acids is 1. The Balaban J connectivity index is 1.36. The normalized spacial score (nSPS) is 19.9. The minimum atomic E-state index is -0.0543. The Morgan fingerprint density at radius 2 is 2.00 bits per heavy atom. The first kappa shape index (κ1) is 19.5. The molecule has 2 aliphatic heterocycles. The van der Waals surface area contributed by atoms with Crippen LogP contribution in [0.25, 0.3) is 6.08 Å². The minimum absolute atomic E-state index is 0.0543. The highest BCUT2D eigenvalue weighted by molar-refractivity contribution is 8.26. The monoisotopic (exact) mass is 433 g/mol. The number of benzene rings is 1. The summed E-state index contributed by atoms with van der Waals surface area (Å²) >= 11 is 12.9. The van der Waals surface area contributed by atoms with Crippen LogP contribution in [-0.4, -0.2) is 52.9 Å². The number of hydrogen-bond acceptors (Lipinski definition) is 6. The standard InChI is InChI=1S/C20H20ClN3O2S2/c1-14-5-6-17(26-14)12-18-19(25)24(20(27)28-18)13-22-7-9-23(10-8-22)16-4-2-3-15(21)11-16/h2-6,11-12H,7-10,13H2,1H3. The molecule has 0 spiro atoms. The summed E-state index contributed by atoms with van der Waals surface area (Å²) in [7, 11) is 0. The Bertz CT molecular complexity index is 935. The first-order valence-electron chi connectivity index (χ1n) is 9.04. The predicted octanol–water partition coefficient (Wildman–Crippen LogP) is 4.22. The van der Waals surface area contributed by atoms with Crippen LogP contribution in [0.2, 0.25) is 5.02 Å². The lowest BCUT2D eigenvalue weighted by molar-refractivity contribution is -0.123. The molecule has 1 amide bonds. The molecular formula is C20H20ClN3O2S2. The second kappa shape index (κ2) is 8.29. The van der Waals surface area contributed by atoms with Crippen molar-refractivity contribution in [2.75, 3.05) is 37.7 Å². The van der Waals surface area contributed by atoms with Gasteiger partial charge in [0.2, 0.25) is 0 Å². The zero-order chi connectivity index (χ0) is 19.7. The number of anilines is 1. The maximum atomic E-state index is 12.8. The number of thiocarbonyl (C=S) groups is 1. The molecule has 0 saturated carbocycles. The number of thioether (sulfide) groups is 1. The van der Waals surface area contributed by atoms with Crippen LogP contribution in [0.3, 0.4) is 0 Å². The third kappa shape index (κ3) is 4.27. The van der Waals surface area contributed by atoms with Crippen molar-refractivity contribution in [1.29, 1.82) is 0 Å². The lowest BCUT2D eigenvalue weighted by Gasteiger charge is -2.37. The van der Waals surface area contributed by atoms with Crippen LogP contribution in [0.15, 0.2) is 45.7 Å². The van der Waals surface area contributed by atoms with Crippen molar-refractivity contribution < 1.29 is 9.21 Å². The van der Waals surface area contributed by atoms with Gasteiger partial charge in [-0.05, 0) is 37.3 Å². The van der Waals surface area contributed by atoms with Crippen molar-refractivity contribution in [2.45, 2.75) is 6.92 Å². The molecule has 2 saturated heterocycles. The molecule has 3 heterocycles. The van der Waals surface area contributed by atoms with Crippen LogP contribution >= 0.6 is 35.6 Å². The number of rotatable bonds is 4. The molecule has 2 aliphatic rings. The van der Waals surface area contributed by atoms with E-state index in [-0.39, 0.29) is 5.91 Å². The number of halogens is 1. The van der Waals surface area contributed by atoms with E-state index in [1.54, 1.807) is 11.0 Å². The number of carbonyl (C=O) groups is 1. The lowest BCUT2D eigenvalue weighted by atomic mass is 10.2. The molecular weight excluding hydrogens is 414 g/mol. The fourth-order valence-corrected chi connectivity index (χ4v) is 4.71. The molecule has 8 heteroatoms. The van der Waals surface area contributed by atoms with Gasteiger partial charge in [-0.15, -0.1) is 0 Å². The SMILES string of the molecule is Cc1ccc(C=C2SC(=S)N(CN3CCN(c4cccc(Cl)c4)CC3)C2=O)o1. The highest BCUT2D eigenvalue weighted by Crippen LogP contribution is 2.33. The van der Waals surface area contributed by atoms with E-state index >= 15 is 0 Å². The number of amides is 1. The summed E-state index contributed by atoms with van der Waals surface area (Å²) in [5.74, 6) is 1.44. The van der Waals surface area contributed by atoms with E-state index in [1.807, 2.05) is 37.3 Å². The average molecular weight is 434 g/mol. The fourth-order valence-electron chi connectivity index (χ4n) is 3.30. The van der Waals surface area contributed by atoms with Crippen LogP contribution in [-0.2, 0) is 4.79 Å². The first-order chi connectivity index (χ1) is 13.5. The fraction of sp³-hybridized carbons (Fsp3) is 0.300. The largest absolute Gasteiger partial charge is 0.462 e. The second-order valence-electron chi connectivity index (χ2n) is 6.78. The van der Waals surface area contributed by atoms with E-state index in [0.717, 1.165) is 42.6 Å². The smallest absolute Gasteiger partial charge is 0.267 e. The third-order valence-electron chi connectivity index (χ3n) is 4.80. The van der Waals surface area contributed by atoms with Crippen molar-refractivity contribution in [1.82, 2.24) is 9.80 Å². The van der Waals surface area contributed by atoms with Gasteiger partial charge in [0, 0.05) is 43.0 Å². The molecule has 146 valence electrons. The second-order valence-corrected chi connectivity index (χ2v) is 8.90. The summed E-state index contributed by atoms with van der Waals surface area (Å²) in [6, 6.07) is 11.7. The number of hydrogen-bond donors (Lipinski definition) is 0. The molecule has 2 aromatic rings. The van der Waals surface area contributed by atoms with Crippen molar-refractivity contribution in [3.8, 4) is 0 Å². The quantitative estimate of drug-likeness (QED) is 0.531. The highest BCUT2D eigenvalue weighted by Gasteiger charge is 2.34. The van der Waals surface area contributed by atoms with Gasteiger partial charge in [0.25, 0.3) is 5.91 Å². The van der Waals surface area contributed by atoms with E-state index < -0.39 is 0 Å². The molecule has 0 radical (unpaired) electrons. The Kier molecular flexibility index (Phi) is 5.78. The van der Waals surface area contributed by atoms with E-state index in [2.05, 4.69) is 15.9 Å². The summed E-state index contributed by atoms with van der Waals surface area (Å²) in [6.07, 6.45) is 1.77. The highest BCUT2D eigenvalue weighted by atomic mass is 35.5. The van der Waals surface area contributed by atoms with Gasteiger partial charge < -0.3 is 9.32 Å². The summed E-state index contributed by atoms with van der Waals surface area (Å²) < 4.78 is 6.14. The summed E-state index contributed by atoms with van der Waals surface area (Å²) in [5, 5.41) is 0.746. The molecule has 4 rings (SSSR count). The molecule has 1 aromatic heterocycles. The van der Waals surface area contributed by atoms with Gasteiger partial charge in [-0.3, -0.25) is 14.6 Å². The molecule has 1 aromatic carbocycles. The van der Waals surface area contributed by atoms with Crippen LogP contribution < -0.4 is 4.90 Å².